The van der Waals surface area contributed by atoms with Crippen LogP contribution in [-0.4, -0.2) is 59.7 Å². The maximum atomic E-state index is 12.9. The number of anilines is 1. The van der Waals surface area contributed by atoms with Gasteiger partial charge < -0.3 is 19.9 Å². The van der Waals surface area contributed by atoms with E-state index in [9.17, 15) is 9.59 Å². The second-order valence-corrected chi connectivity index (χ2v) is 8.44. The van der Waals surface area contributed by atoms with Crippen molar-refractivity contribution in [2.24, 2.45) is 5.92 Å². The quantitative estimate of drug-likeness (QED) is 0.678. The lowest BCUT2D eigenvalue weighted by Crippen LogP contribution is -2.59. The molecule has 2 aromatic rings. The number of hydrogen-bond donors (Lipinski definition) is 1. The number of piperazine rings is 1. The van der Waals surface area contributed by atoms with Crippen molar-refractivity contribution in [2.45, 2.75) is 26.4 Å². The smallest absolute Gasteiger partial charge is 0.358 e. The number of amides is 2. The lowest BCUT2D eigenvalue weighted by molar-refractivity contribution is 0.0593. The summed E-state index contributed by atoms with van der Waals surface area (Å²) in [4.78, 5) is 36.9. The van der Waals surface area contributed by atoms with E-state index < -0.39 is 5.97 Å². The van der Waals surface area contributed by atoms with Gasteiger partial charge in [0.05, 0.1) is 25.5 Å². The highest BCUT2D eigenvalue weighted by Gasteiger charge is 2.33. The topological polar surface area (TPSA) is 87.7 Å². The predicted octanol–water partition coefficient (Wildman–Crippen LogP) is 3.63. The van der Waals surface area contributed by atoms with Crippen molar-refractivity contribution < 1.29 is 14.3 Å². The molecule has 0 spiro atoms. The first-order chi connectivity index (χ1) is 14.8. The predicted molar refractivity (Wildman–Crippen MR) is 120 cm³/mol. The minimum Gasteiger partial charge on any atom is -0.464 e. The van der Waals surface area contributed by atoms with Crippen LogP contribution in [0.5, 0.6) is 0 Å². The Morgan fingerprint density at radius 2 is 2.00 bits per heavy atom. The highest BCUT2D eigenvalue weighted by molar-refractivity contribution is 6.35. The molecule has 2 heterocycles. The van der Waals surface area contributed by atoms with Crippen LogP contribution in [0.4, 0.5) is 10.6 Å². The molecule has 0 radical (unpaired) electrons. The van der Waals surface area contributed by atoms with Gasteiger partial charge in [-0.2, -0.15) is 0 Å². The molecule has 0 aliphatic carbocycles. The molecule has 1 aliphatic heterocycles. The summed E-state index contributed by atoms with van der Waals surface area (Å²) >= 11 is 12.1. The Hall–Kier alpha value is -2.58. The van der Waals surface area contributed by atoms with Crippen molar-refractivity contribution in [1.82, 2.24) is 20.2 Å². The van der Waals surface area contributed by atoms with E-state index in [4.69, 9.17) is 23.2 Å². The van der Waals surface area contributed by atoms with Crippen molar-refractivity contribution in [1.29, 1.82) is 0 Å². The second-order valence-electron chi connectivity index (χ2n) is 7.60. The number of halogens is 2. The van der Waals surface area contributed by atoms with Gasteiger partial charge in [-0.3, -0.25) is 0 Å². The number of carbonyl (C=O) groups is 2. The van der Waals surface area contributed by atoms with Crippen LogP contribution in [0, 0.1) is 5.92 Å². The van der Waals surface area contributed by atoms with E-state index in [0.717, 1.165) is 5.56 Å². The van der Waals surface area contributed by atoms with Crippen LogP contribution in [0.1, 0.15) is 29.9 Å². The van der Waals surface area contributed by atoms with Gasteiger partial charge in [0, 0.05) is 36.2 Å². The van der Waals surface area contributed by atoms with Crippen molar-refractivity contribution in [2.75, 3.05) is 31.6 Å². The third-order valence-corrected chi connectivity index (χ3v) is 5.84. The Morgan fingerprint density at radius 1 is 1.23 bits per heavy atom. The Labute approximate surface area is 191 Å². The van der Waals surface area contributed by atoms with Gasteiger partial charge in [-0.05, 0) is 23.6 Å². The fraction of sp³-hybridized carbons (Fsp3) is 0.429. The molecule has 0 bridgehead atoms. The molecule has 1 fully saturated rings. The van der Waals surface area contributed by atoms with Crippen LogP contribution in [0.25, 0.3) is 0 Å². The molecule has 2 amide bonds. The summed E-state index contributed by atoms with van der Waals surface area (Å²) in [6.07, 6.45) is 2.96. The van der Waals surface area contributed by atoms with E-state index in [-0.39, 0.29) is 23.7 Å². The van der Waals surface area contributed by atoms with E-state index in [1.165, 1.54) is 13.3 Å². The Bertz CT molecular complexity index is 939. The van der Waals surface area contributed by atoms with E-state index in [1.807, 2.05) is 4.90 Å². The van der Waals surface area contributed by atoms with Crippen LogP contribution in [0.15, 0.2) is 30.6 Å². The molecule has 1 atom stereocenters. The molecular formula is C21H25Cl2N5O3. The second kappa shape index (κ2) is 10.2. The molecule has 1 unspecified atom stereocenters. The number of hydrogen-bond acceptors (Lipinski definition) is 6. The molecule has 1 N–H and O–H groups in total. The van der Waals surface area contributed by atoms with Crippen molar-refractivity contribution in [3.05, 3.63) is 51.9 Å². The van der Waals surface area contributed by atoms with Crippen molar-refractivity contribution in [3.63, 3.8) is 0 Å². The summed E-state index contributed by atoms with van der Waals surface area (Å²) in [6, 6.07) is 5.05. The summed E-state index contributed by atoms with van der Waals surface area (Å²) in [5.74, 6) is 0.364. The largest absolute Gasteiger partial charge is 0.464 e. The number of rotatable bonds is 5. The van der Waals surface area contributed by atoms with Gasteiger partial charge in [-0.25, -0.2) is 19.6 Å². The molecule has 10 heteroatoms. The number of nitrogens with zero attached hydrogens (tertiary/aromatic N) is 4. The molecule has 8 nitrogen and oxygen atoms in total. The number of carbonyl (C=O) groups excluding carboxylic acids is 2. The van der Waals surface area contributed by atoms with Gasteiger partial charge in [-0.1, -0.05) is 43.1 Å². The maximum Gasteiger partial charge on any atom is 0.358 e. The first-order valence-corrected chi connectivity index (χ1v) is 10.7. The number of benzene rings is 1. The van der Waals surface area contributed by atoms with E-state index >= 15 is 0 Å². The average molecular weight is 466 g/mol. The third kappa shape index (κ3) is 5.57. The number of urea groups is 1. The lowest BCUT2D eigenvalue weighted by Gasteiger charge is -2.43. The maximum absolute atomic E-state index is 12.9. The van der Waals surface area contributed by atoms with Gasteiger partial charge >= 0.3 is 12.0 Å². The average Bonchev–Trinajstić information content (AvgIpc) is 2.77. The summed E-state index contributed by atoms with van der Waals surface area (Å²) in [5, 5.41) is 4.03. The highest BCUT2D eigenvalue weighted by atomic mass is 35.5. The van der Waals surface area contributed by atoms with E-state index in [1.54, 1.807) is 24.4 Å². The van der Waals surface area contributed by atoms with Gasteiger partial charge in [0.15, 0.2) is 5.69 Å². The summed E-state index contributed by atoms with van der Waals surface area (Å²) < 4.78 is 4.66. The summed E-state index contributed by atoms with van der Waals surface area (Å²) in [6.45, 7) is 6.22. The molecule has 1 aromatic heterocycles. The summed E-state index contributed by atoms with van der Waals surface area (Å²) in [7, 11) is 1.30. The zero-order valence-electron chi connectivity index (χ0n) is 17.6. The fourth-order valence-electron chi connectivity index (χ4n) is 3.47. The molecule has 31 heavy (non-hydrogen) atoms. The van der Waals surface area contributed by atoms with Gasteiger partial charge in [0.1, 0.15) is 5.82 Å². The third-order valence-electron chi connectivity index (χ3n) is 5.25. The van der Waals surface area contributed by atoms with E-state index in [0.29, 0.717) is 42.0 Å². The molecule has 3 rings (SSSR count). The van der Waals surface area contributed by atoms with Crippen LogP contribution < -0.4 is 10.2 Å². The number of esters is 1. The normalized spacial score (nSPS) is 16.4. The molecule has 1 aliphatic rings. The van der Waals surface area contributed by atoms with Crippen molar-refractivity contribution >= 4 is 41.0 Å². The van der Waals surface area contributed by atoms with Crippen LogP contribution in [-0.2, 0) is 11.3 Å². The zero-order valence-corrected chi connectivity index (χ0v) is 19.2. The number of aromatic nitrogens is 2. The van der Waals surface area contributed by atoms with Crippen LogP contribution >= 0.6 is 23.2 Å². The Morgan fingerprint density at radius 3 is 2.61 bits per heavy atom. The summed E-state index contributed by atoms with van der Waals surface area (Å²) in [5.41, 5.74) is 0.964. The monoisotopic (exact) mass is 465 g/mol. The Kier molecular flexibility index (Phi) is 7.56. The fourth-order valence-corrected chi connectivity index (χ4v) is 3.95. The molecule has 1 aromatic carbocycles. The van der Waals surface area contributed by atoms with Gasteiger partial charge in [0.25, 0.3) is 0 Å². The Balaban J connectivity index is 1.65. The number of methoxy groups -OCH3 is 1. The molecule has 1 saturated heterocycles. The molecule has 166 valence electrons. The van der Waals surface area contributed by atoms with E-state index in [2.05, 4.69) is 38.8 Å². The minimum absolute atomic E-state index is 0.0171. The standard InChI is InChI=1S/C21H25Cl2N5O3/c1-13(2)18-12-27(19-11-24-17(10-25-19)20(29)31-3)6-7-28(18)21(30)26-9-14-4-5-15(22)8-16(14)23/h4-5,8,10-11,13,18H,6-7,9,12H2,1-3H3,(H,26,30). The van der Waals surface area contributed by atoms with Gasteiger partial charge in [0.2, 0.25) is 0 Å². The van der Waals surface area contributed by atoms with Crippen molar-refractivity contribution in [3.8, 4) is 0 Å². The van der Waals surface area contributed by atoms with Crippen LogP contribution in [0.3, 0.4) is 0 Å². The number of ether oxygens (including phenoxy) is 1. The highest BCUT2D eigenvalue weighted by Crippen LogP contribution is 2.23. The zero-order chi connectivity index (χ0) is 22.5. The minimum atomic E-state index is -0.526. The van der Waals surface area contributed by atoms with Crippen LogP contribution in [0.2, 0.25) is 10.0 Å². The first-order valence-electron chi connectivity index (χ1n) is 9.94. The lowest BCUT2D eigenvalue weighted by atomic mass is 10.00. The number of nitrogens with one attached hydrogen (secondary N) is 1. The molecule has 0 saturated carbocycles. The SMILES string of the molecule is COC(=O)c1cnc(N2CCN(C(=O)NCc3ccc(Cl)cc3Cl)C(C(C)C)C2)cn1. The molecular weight excluding hydrogens is 441 g/mol. The van der Waals surface area contributed by atoms with Gasteiger partial charge in [-0.15, -0.1) is 0 Å². The first kappa shape index (κ1) is 23.1.